The molecule has 0 unspecified atom stereocenters. The number of imidazole rings is 1. The standard InChI is InChI=1S/C25H30ClFN2O3/c1-16-21(26)28-22(29(16)14-17-2-3-17)25(32-15-18-4-5-18)12-10-24(11-13-25,23(30)31)19-6-8-20(27)9-7-19/h6-9,17-18H,2-5,10-15H2,1H3,(H,30,31). The van der Waals surface area contributed by atoms with Gasteiger partial charge in [0.05, 0.1) is 17.7 Å². The Morgan fingerprint density at radius 2 is 1.78 bits per heavy atom. The molecule has 3 aliphatic rings. The molecule has 0 aliphatic heterocycles. The fourth-order valence-electron chi connectivity index (χ4n) is 5.10. The largest absolute Gasteiger partial charge is 0.481 e. The number of nitrogens with zero attached hydrogens (tertiary/aromatic N) is 2. The summed E-state index contributed by atoms with van der Waals surface area (Å²) < 4.78 is 22.4. The lowest BCUT2D eigenvalue weighted by molar-refractivity contribution is -0.151. The minimum atomic E-state index is -1.05. The van der Waals surface area contributed by atoms with E-state index in [0.717, 1.165) is 18.1 Å². The Hall–Kier alpha value is -1.92. The van der Waals surface area contributed by atoms with E-state index in [4.69, 9.17) is 21.3 Å². The zero-order chi connectivity index (χ0) is 22.5. The molecule has 0 saturated heterocycles. The zero-order valence-corrected chi connectivity index (χ0v) is 19.2. The Kier molecular flexibility index (Phi) is 5.57. The number of hydrogen-bond donors (Lipinski definition) is 1. The summed E-state index contributed by atoms with van der Waals surface area (Å²) in [5, 5.41) is 10.7. The molecule has 1 aromatic carbocycles. The molecule has 0 spiro atoms. The van der Waals surface area contributed by atoms with E-state index >= 15 is 0 Å². The third-order valence-electron chi connectivity index (χ3n) is 7.72. The van der Waals surface area contributed by atoms with Crippen LogP contribution in [0.15, 0.2) is 24.3 Å². The van der Waals surface area contributed by atoms with Crippen LogP contribution in [0.25, 0.3) is 0 Å². The number of hydrogen-bond acceptors (Lipinski definition) is 3. The average molecular weight is 461 g/mol. The normalized spacial score (nSPS) is 28.1. The van der Waals surface area contributed by atoms with Crippen LogP contribution in [0.1, 0.15) is 68.4 Å². The van der Waals surface area contributed by atoms with E-state index in [1.165, 1.54) is 37.8 Å². The number of carboxylic acids is 1. The lowest BCUT2D eigenvalue weighted by Gasteiger charge is -2.44. The van der Waals surface area contributed by atoms with Crippen LogP contribution in [0, 0.1) is 24.6 Å². The Balaban J connectivity index is 1.49. The molecular weight excluding hydrogens is 431 g/mol. The predicted octanol–water partition coefficient (Wildman–Crippen LogP) is 5.61. The average Bonchev–Trinajstić information content (AvgIpc) is 3.70. The van der Waals surface area contributed by atoms with Gasteiger partial charge < -0.3 is 14.4 Å². The lowest BCUT2D eigenvalue weighted by atomic mass is 9.65. The third kappa shape index (κ3) is 3.96. The molecule has 2 aromatic rings. The second kappa shape index (κ2) is 8.14. The molecule has 5 rings (SSSR count). The van der Waals surface area contributed by atoms with Gasteiger partial charge in [-0.25, -0.2) is 9.37 Å². The van der Waals surface area contributed by atoms with E-state index in [1.54, 1.807) is 12.1 Å². The van der Waals surface area contributed by atoms with Crippen molar-refractivity contribution < 1.29 is 19.0 Å². The van der Waals surface area contributed by atoms with Gasteiger partial charge in [-0.05, 0) is 87.8 Å². The number of aliphatic carboxylic acids is 1. The molecule has 0 radical (unpaired) electrons. The minimum absolute atomic E-state index is 0.362. The minimum Gasteiger partial charge on any atom is -0.481 e. The number of halogens is 2. The van der Waals surface area contributed by atoms with Crippen LogP contribution in [0.3, 0.4) is 0 Å². The SMILES string of the molecule is Cc1c(Cl)nc(C2(OCC3CC3)CCC(C(=O)O)(c3ccc(F)cc3)CC2)n1CC1CC1. The molecular formula is C25H30ClFN2O3. The molecule has 1 aromatic heterocycles. The molecule has 0 atom stereocenters. The number of carboxylic acid groups (broad SMARTS) is 1. The molecule has 172 valence electrons. The monoisotopic (exact) mass is 460 g/mol. The summed E-state index contributed by atoms with van der Waals surface area (Å²) >= 11 is 6.49. The summed E-state index contributed by atoms with van der Waals surface area (Å²) in [6, 6.07) is 5.90. The summed E-state index contributed by atoms with van der Waals surface area (Å²) in [6.45, 7) is 3.56. The Morgan fingerprint density at radius 1 is 1.16 bits per heavy atom. The molecule has 3 aliphatic carbocycles. The first kappa shape index (κ1) is 21.9. The van der Waals surface area contributed by atoms with Crippen molar-refractivity contribution in [1.82, 2.24) is 9.55 Å². The Bertz CT molecular complexity index is 1000. The molecule has 0 bridgehead atoms. The first-order chi connectivity index (χ1) is 15.3. The Labute approximate surface area is 192 Å². The summed E-state index contributed by atoms with van der Waals surface area (Å²) in [5.41, 5.74) is -0.0874. The van der Waals surface area contributed by atoms with Gasteiger partial charge in [0.2, 0.25) is 0 Å². The highest BCUT2D eigenvalue weighted by Crippen LogP contribution is 2.51. The maximum absolute atomic E-state index is 13.5. The highest BCUT2D eigenvalue weighted by atomic mass is 35.5. The predicted molar refractivity (Wildman–Crippen MR) is 119 cm³/mol. The van der Waals surface area contributed by atoms with Gasteiger partial charge in [-0.2, -0.15) is 0 Å². The second-order valence-corrected chi connectivity index (χ2v) is 10.4. The number of benzene rings is 1. The van der Waals surface area contributed by atoms with Gasteiger partial charge in [0.25, 0.3) is 0 Å². The van der Waals surface area contributed by atoms with Gasteiger partial charge >= 0.3 is 5.97 Å². The maximum Gasteiger partial charge on any atom is 0.314 e. The zero-order valence-electron chi connectivity index (χ0n) is 18.4. The van der Waals surface area contributed by atoms with E-state index in [1.807, 2.05) is 6.92 Å². The molecule has 3 saturated carbocycles. The highest BCUT2D eigenvalue weighted by molar-refractivity contribution is 6.30. The Morgan fingerprint density at radius 3 is 2.34 bits per heavy atom. The molecule has 1 heterocycles. The van der Waals surface area contributed by atoms with Crippen molar-refractivity contribution in [1.29, 1.82) is 0 Å². The first-order valence-electron chi connectivity index (χ1n) is 11.7. The van der Waals surface area contributed by atoms with Crippen LogP contribution < -0.4 is 0 Å². The second-order valence-electron chi connectivity index (χ2n) is 10.0. The van der Waals surface area contributed by atoms with Gasteiger partial charge in [-0.15, -0.1) is 0 Å². The molecule has 7 heteroatoms. The highest BCUT2D eigenvalue weighted by Gasteiger charge is 2.52. The van der Waals surface area contributed by atoms with Gasteiger partial charge in [-0.1, -0.05) is 23.7 Å². The van der Waals surface area contributed by atoms with Crippen molar-refractivity contribution >= 4 is 17.6 Å². The van der Waals surface area contributed by atoms with Crippen molar-refractivity contribution in [3.8, 4) is 0 Å². The third-order valence-corrected chi connectivity index (χ3v) is 8.08. The quantitative estimate of drug-likeness (QED) is 0.555. The maximum atomic E-state index is 13.5. The molecule has 5 nitrogen and oxygen atoms in total. The topological polar surface area (TPSA) is 64.3 Å². The number of aromatic nitrogens is 2. The van der Waals surface area contributed by atoms with Crippen molar-refractivity contribution in [2.24, 2.45) is 11.8 Å². The van der Waals surface area contributed by atoms with Crippen LogP contribution in [-0.4, -0.2) is 27.2 Å². The van der Waals surface area contributed by atoms with Crippen LogP contribution in [0.2, 0.25) is 5.15 Å². The van der Waals surface area contributed by atoms with Crippen molar-refractivity contribution in [2.75, 3.05) is 6.61 Å². The fourth-order valence-corrected chi connectivity index (χ4v) is 5.29. The molecule has 3 fully saturated rings. The van der Waals surface area contributed by atoms with E-state index in [-0.39, 0.29) is 5.82 Å². The van der Waals surface area contributed by atoms with Crippen LogP contribution >= 0.6 is 11.6 Å². The lowest BCUT2D eigenvalue weighted by Crippen LogP contribution is -2.47. The summed E-state index contributed by atoms with van der Waals surface area (Å²) in [6.07, 6.45) is 6.70. The number of ether oxygens (including phenoxy) is 1. The number of rotatable bonds is 8. The first-order valence-corrected chi connectivity index (χ1v) is 12.1. The van der Waals surface area contributed by atoms with Gasteiger partial charge in [0.1, 0.15) is 22.4 Å². The van der Waals surface area contributed by atoms with E-state index < -0.39 is 17.0 Å². The fraction of sp³-hybridized carbons (Fsp3) is 0.600. The summed E-state index contributed by atoms with van der Waals surface area (Å²) in [7, 11) is 0. The van der Waals surface area contributed by atoms with Crippen LogP contribution in [0.4, 0.5) is 4.39 Å². The van der Waals surface area contributed by atoms with Gasteiger partial charge in [0, 0.05) is 6.54 Å². The van der Waals surface area contributed by atoms with Crippen molar-refractivity contribution in [2.45, 2.75) is 75.9 Å². The van der Waals surface area contributed by atoms with Crippen molar-refractivity contribution in [3.05, 3.63) is 52.3 Å². The van der Waals surface area contributed by atoms with Gasteiger partial charge in [0.15, 0.2) is 0 Å². The smallest absolute Gasteiger partial charge is 0.314 e. The van der Waals surface area contributed by atoms with Crippen molar-refractivity contribution in [3.63, 3.8) is 0 Å². The van der Waals surface area contributed by atoms with Crippen LogP contribution in [-0.2, 0) is 27.1 Å². The summed E-state index contributed by atoms with van der Waals surface area (Å²) in [5.74, 6) is 0.859. The summed E-state index contributed by atoms with van der Waals surface area (Å²) in [4.78, 5) is 17.3. The van der Waals surface area contributed by atoms with Crippen LogP contribution in [0.5, 0.6) is 0 Å². The van der Waals surface area contributed by atoms with Gasteiger partial charge in [-0.3, -0.25) is 4.79 Å². The molecule has 0 amide bonds. The van der Waals surface area contributed by atoms with E-state index in [0.29, 0.717) is 54.8 Å². The molecule has 1 N–H and O–H groups in total. The van der Waals surface area contributed by atoms with E-state index in [2.05, 4.69) is 4.57 Å². The molecule has 32 heavy (non-hydrogen) atoms. The number of carbonyl (C=O) groups is 1. The van der Waals surface area contributed by atoms with E-state index in [9.17, 15) is 14.3 Å².